The van der Waals surface area contributed by atoms with E-state index >= 15 is 0 Å². The Labute approximate surface area is 146 Å². The first kappa shape index (κ1) is 15.4. The van der Waals surface area contributed by atoms with E-state index < -0.39 is 0 Å². The quantitative estimate of drug-likeness (QED) is 0.544. The Morgan fingerprint density at radius 1 is 0.800 bits per heavy atom. The van der Waals surface area contributed by atoms with E-state index in [1.807, 2.05) is 48.5 Å². The number of rotatable bonds is 5. The monoisotopic (exact) mass is 333 g/mol. The molecule has 1 heterocycles. The third-order valence-corrected chi connectivity index (χ3v) is 4.28. The van der Waals surface area contributed by atoms with Crippen molar-refractivity contribution in [2.24, 2.45) is 0 Å². The van der Waals surface area contributed by atoms with Crippen molar-refractivity contribution in [1.29, 1.82) is 0 Å². The lowest BCUT2D eigenvalue weighted by atomic mass is 10.1. The van der Waals surface area contributed by atoms with Gasteiger partial charge in [0, 0.05) is 29.1 Å². The van der Waals surface area contributed by atoms with Crippen LogP contribution in [0.3, 0.4) is 0 Å². The van der Waals surface area contributed by atoms with Crippen molar-refractivity contribution in [3.05, 3.63) is 66.2 Å². The van der Waals surface area contributed by atoms with Crippen molar-refractivity contribution < 1.29 is 13.9 Å². The van der Waals surface area contributed by atoms with Gasteiger partial charge in [0.05, 0.1) is 14.2 Å². The molecule has 0 radical (unpaired) electrons. The molecule has 0 saturated carbocycles. The lowest BCUT2D eigenvalue weighted by Crippen LogP contribution is -2.00. The fourth-order valence-corrected chi connectivity index (χ4v) is 3.01. The van der Waals surface area contributed by atoms with Crippen molar-refractivity contribution in [3.63, 3.8) is 0 Å². The maximum Gasteiger partial charge on any atom is 0.135 e. The van der Waals surface area contributed by atoms with Gasteiger partial charge in [0.1, 0.15) is 22.7 Å². The standard InChI is InChI=1S/C21H19NO3/c1-23-16-9-14(10-17(12-16)24-2)13-22-15-7-8-21-19(11-15)18-5-3-4-6-20(18)25-21/h3-12,22H,13H2,1-2H3. The van der Waals surface area contributed by atoms with Crippen LogP contribution in [0.2, 0.25) is 0 Å². The number of anilines is 1. The zero-order valence-electron chi connectivity index (χ0n) is 14.2. The third kappa shape index (κ3) is 2.98. The molecule has 0 spiro atoms. The summed E-state index contributed by atoms with van der Waals surface area (Å²) in [5.41, 5.74) is 3.94. The molecule has 0 unspecified atom stereocenters. The van der Waals surface area contributed by atoms with E-state index in [1.165, 1.54) is 0 Å². The SMILES string of the molecule is COc1cc(CNc2ccc3oc4ccccc4c3c2)cc(OC)c1. The molecule has 0 amide bonds. The molecule has 126 valence electrons. The Morgan fingerprint density at radius 3 is 2.28 bits per heavy atom. The zero-order valence-corrected chi connectivity index (χ0v) is 14.2. The third-order valence-electron chi connectivity index (χ3n) is 4.28. The Bertz CT molecular complexity index is 1010. The molecule has 0 fully saturated rings. The molecule has 3 aromatic carbocycles. The number of para-hydroxylation sites is 1. The van der Waals surface area contributed by atoms with Gasteiger partial charge in [-0.3, -0.25) is 0 Å². The summed E-state index contributed by atoms with van der Waals surface area (Å²) >= 11 is 0. The number of ether oxygens (including phenoxy) is 2. The topological polar surface area (TPSA) is 43.6 Å². The molecule has 1 aromatic heterocycles. The van der Waals surface area contributed by atoms with Crippen molar-refractivity contribution in [3.8, 4) is 11.5 Å². The van der Waals surface area contributed by atoms with Gasteiger partial charge in [-0.15, -0.1) is 0 Å². The number of methoxy groups -OCH3 is 2. The fraction of sp³-hybridized carbons (Fsp3) is 0.143. The Morgan fingerprint density at radius 2 is 1.52 bits per heavy atom. The average molecular weight is 333 g/mol. The number of hydrogen-bond donors (Lipinski definition) is 1. The van der Waals surface area contributed by atoms with Crippen LogP contribution in [0.1, 0.15) is 5.56 Å². The minimum Gasteiger partial charge on any atom is -0.497 e. The highest BCUT2D eigenvalue weighted by molar-refractivity contribution is 6.05. The zero-order chi connectivity index (χ0) is 17.2. The summed E-state index contributed by atoms with van der Waals surface area (Å²) in [6.45, 7) is 0.675. The normalized spacial score (nSPS) is 11.0. The van der Waals surface area contributed by atoms with Gasteiger partial charge in [0.25, 0.3) is 0 Å². The smallest absolute Gasteiger partial charge is 0.135 e. The van der Waals surface area contributed by atoms with Gasteiger partial charge < -0.3 is 19.2 Å². The largest absolute Gasteiger partial charge is 0.497 e. The summed E-state index contributed by atoms with van der Waals surface area (Å²) in [7, 11) is 3.31. The van der Waals surface area contributed by atoms with Crippen LogP contribution in [0.5, 0.6) is 11.5 Å². The molecule has 1 N–H and O–H groups in total. The first-order valence-corrected chi connectivity index (χ1v) is 8.14. The van der Waals surface area contributed by atoms with Crippen LogP contribution in [0, 0.1) is 0 Å². The number of fused-ring (bicyclic) bond motifs is 3. The van der Waals surface area contributed by atoms with E-state index in [1.54, 1.807) is 14.2 Å². The van der Waals surface area contributed by atoms with Gasteiger partial charge in [0.2, 0.25) is 0 Å². The molecule has 0 bridgehead atoms. The lowest BCUT2D eigenvalue weighted by molar-refractivity contribution is 0.393. The van der Waals surface area contributed by atoms with Crippen LogP contribution in [-0.2, 0) is 6.54 Å². The molecule has 0 atom stereocenters. The molecule has 0 aliphatic carbocycles. The molecular formula is C21H19NO3. The average Bonchev–Trinajstić information content (AvgIpc) is 3.04. The van der Waals surface area contributed by atoms with Gasteiger partial charge in [-0.2, -0.15) is 0 Å². The minimum atomic E-state index is 0.675. The van der Waals surface area contributed by atoms with E-state index in [0.29, 0.717) is 6.54 Å². The number of furan rings is 1. The van der Waals surface area contributed by atoms with Crippen LogP contribution in [-0.4, -0.2) is 14.2 Å². The van der Waals surface area contributed by atoms with Gasteiger partial charge in [-0.25, -0.2) is 0 Å². The number of hydrogen-bond acceptors (Lipinski definition) is 4. The van der Waals surface area contributed by atoms with E-state index in [-0.39, 0.29) is 0 Å². The predicted molar refractivity (Wildman–Crippen MR) is 101 cm³/mol. The van der Waals surface area contributed by atoms with Gasteiger partial charge in [-0.05, 0) is 42.0 Å². The first-order chi connectivity index (χ1) is 12.3. The Balaban J connectivity index is 1.61. The molecule has 0 saturated heterocycles. The first-order valence-electron chi connectivity index (χ1n) is 8.14. The maximum atomic E-state index is 5.87. The summed E-state index contributed by atoms with van der Waals surface area (Å²) in [5, 5.41) is 5.70. The van der Waals surface area contributed by atoms with E-state index in [9.17, 15) is 0 Å². The second-order valence-electron chi connectivity index (χ2n) is 5.88. The molecule has 4 rings (SSSR count). The van der Waals surface area contributed by atoms with Crippen LogP contribution in [0.25, 0.3) is 21.9 Å². The minimum absolute atomic E-state index is 0.675. The lowest BCUT2D eigenvalue weighted by Gasteiger charge is -2.10. The summed E-state index contributed by atoms with van der Waals surface area (Å²) in [6.07, 6.45) is 0. The van der Waals surface area contributed by atoms with Crippen LogP contribution in [0.4, 0.5) is 5.69 Å². The summed E-state index contributed by atoms with van der Waals surface area (Å²) in [6, 6.07) is 20.1. The predicted octanol–water partition coefficient (Wildman–Crippen LogP) is 5.22. The highest BCUT2D eigenvalue weighted by Crippen LogP contribution is 2.31. The highest BCUT2D eigenvalue weighted by Gasteiger charge is 2.07. The Hall–Kier alpha value is -3.14. The van der Waals surface area contributed by atoms with Gasteiger partial charge >= 0.3 is 0 Å². The summed E-state index contributed by atoms with van der Waals surface area (Å²) in [5.74, 6) is 1.57. The van der Waals surface area contributed by atoms with E-state index in [2.05, 4.69) is 17.4 Å². The van der Waals surface area contributed by atoms with Crippen molar-refractivity contribution in [2.45, 2.75) is 6.54 Å². The molecular weight excluding hydrogens is 314 g/mol. The van der Waals surface area contributed by atoms with Crippen LogP contribution < -0.4 is 14.8 Å². The second kappa shape index (κ2) is 6.40. The van der Waals surface area contributed by atoms with Crippen molar-refractivity contribution in [1.82, 2.24) is 0 Å². The van der Waals surface area contributed by atoms with Gasteiger partial charge in [-0.1, -0.05) is 18.2 Å². The Kier molecular flexibility index (Phi) is 3.94. The fourth-order valence-electron chi connectivity index (χ4n) is 3.01. The maximum absolute atomic E-state index is 5.87. The van der Waals surface area contributed by atoms with E-state index in [4.69, 9.17) is 13.9 Å². The molecule has 4 aromatic rings. The number of nitrogens with one attached hydrogen (secondary N) is 1. The molecule has 25 heavy (non-hydrogen) atoms. The van der Waals surface area contributed by atoms with Crippen LogP contribution >= 0.6 is 0 Å². The molecule has 0 aliphatic heterocycles. The number of benzene rings is 3. The summed E-state index contributed by atoms with van der Waals surface area (Å²) < 4.78 is 16.5. The van der Waals surface area contributed by atoms with Gasteiger partial charge in [0.15, 0.2) is 0 Å². The molecule has 4 heteroatoms. The highest BCUT2D eigenvalue weighted by atomic mass is 16.5. The van der Waals surface area contributed by atoms with Crippen LogP contribution in [0.15, 0.2) is 65.1 Å². The molecule has 0 aliphatic rings. The second-order valence-corrected chi connectivity index (χ2v) is 5.88. The van der Waals surface area contributed by atoms with Crippen molar-refractivity contribution >= 4 is 27.6 Å². The van der Waals surface area contributed by atoms with Crippen molar-refractivity contribution in [2.75, 3.05) is 19.5 Å². The summed E-state index contributed by atoms with van der Waals surface area (Å²) in [4.78, 5) is 0. The molecule has 4 nitrogen and oxygen atoms in total. The van der Waals surface area contributed by atoms with E-state index in [0.717, 1.165) is 44.7 Å².